The van der Waals surface area contributed by atoms with Crippen LogP contribution >= 0.6 is 0 Å². The second-order valence-electron chi connectivity index (χ2n) is 5.43. The smallest absolute Gasteiger partial charge is 0.0506 e. The van der Waals surface area contributed by atoms with Crippen LogP contribution in [0.1, 0.15) is 28.5 Å². The zero-order valence-corrected chi connectivity index (χ0v) is 11.7. The molecule has 0 saturated heterocycles. The minimum Gasteiger partial charge on any atom is -0.396 e. The zero-order chi connectivity index (χ0) is 13.9. The molecular weight excluding hydrogens is 248 g/mol. The fraction of sp³-hybridized carbons (Fsp3) is 0.333. The Bertz CT molecular complexity index is 565. The molecule has 0 spiro atoms. The van der Waals surface area contributed by atoms with Crippen molar-refractivity contribution in [1.29, 1.82) is 0 Å². The number of fused-ring (bicyclic) bond motifs is 1. The Morgan fingerprint density at radius 1 is 0.950 bits per heavy atom. The second kappa shape index (κ2) is 5.78. The fourth-order valence-corrected chi connectivity index (χ4v) is 3.55. The van der Waals surface area contributed by atoms with Crippen molar-refractivity contribution in [3.63, 3.8) is 0 Å². The van der Waals surface area contributed by atoms with Crippen molar-refractivity contribution < 1.29 is 9.84 Å². The second-order valence-corrected chi connectivity index (χ2v) is 5.43. The van der Waals surface area contributed by atoms with Crippen LogP contribution in [0.4, 0.5) is 0 Å². The average molecular weight is 268 g/mol. The molecule has 3 atom stereocenters. The predicted molar refractivity (Wildman–Crippen MR) is 79.9 cm³/mol. The maximum absolute atomic E-state index is 9.82. The summed E-state index contributed by atoms with van der Waals surface area (Å²) in [5.41, 5.74) is 3.91. The number of ether oxygens (including phenoxy) is 1. The number of methoxy groups -OCH3 is 1. The Morgan fingerprint density at radius 3 is 2.25 bits per heavy atom. The van der Waals surface area contributed by atoms with E-state index < -0.39 is 0 Å². The lowest BCUT2D eigenvalue weighted by Gasteiger charge is -2.24. The Balaban J connectivity index is 2.10. The van der Waals surface area contributed by atoms with Crippen LogP contribution in [0.2, 0.25) is 0 Å². The molecule has 1 aliphatic rings. The van der Waals surface area contributed by atoms with E-state index >= 15 is 0 Å². The van der Waals surface area contributed by atoms with Crippen molar-refractivity contribution in [2.75, 3.05) is 20.3 Å². The van der Waals surface area contributed by atoms with Crippen molar-refractivity contribution >= 4 is 0 Å². The lowest BCUT2D eigenvalue weighted by atomic mass is 9.83. The molecule has 2 heteroatoms. The van der Waals surface area contributed by atoms with Gasteiger partial charge in [-0.1, -0.05) is 54.6 Å². The number of hydrogen-bond acceptors (Lipinski definition) is 2. The van der Waals surface area contributed by atoms with Crippen molar-refractivity contribution in [2.24, 2.45) is 5.92 Å². The first-order valence-electron chi connectivity index (χ1n) is 7.10. The van der Waals surface area contributed by atoms with Crippen molar-refractivity contribution in [2.45, 2.75) is 11.8 Å². The van der Waals surface area contributed by atoms with Crippen LogP contribution in [-0.2, 0) is 4.74 Å². The van der Waals surface area contributed by atoms with Crippen LogP contribution in [0.5, 0.6) is 0 Å². The summed E-state index contributed by atoms with van der Waals surface area (Å²) in [6.07, 6.45) is 0. The number of benzene rings is 2. The summed E-state index contributed by atoms with van der Waals surface area (Å²) in [6.45, 7) is 0.841. The first kappa shape index (κ1) is 13.3. The molecule has 0 aromatic heterocycles. The maximum atomic E-state index is 9.82. The van der Waals surface area contributed by atoms with Crippen LogP contribution in [0.15, 0.2) is 54.6 Å². The summed E-state index contributed by atoms with van der Waals surface area (Å²) in [5.74, 6) is 0.769. The van der Waals surface area contributed by atoms with Crippen molar-refractivity contribution in [3.8, 4) is 0 Å². The summed E-state index contributed by atoms with van der Waals surface area (Å²) in [6, 6.07) is 19.0. The predicted octanol–water partition coefficient (Wildman–Crippen LogP) is 3.17. The number of hydrogen-bond donors (Lipinski definition) is 1. The Hall–Kier alpha value is -1.64. The normalized spacial score (nSPS) is 24.6. The molecule has 2 nitrogen and oxygen atoms in total. The van der Waals surface area contributed by atoms with Crippen LogP contribution < -0.4 is 0 Å². The molecule has 0 heterocycles. The van der Waals surface area contributed by atoms with E-state index in [0.29, 0.717) is 18.4 Å². The third kappa shape index (κ3) is 2.15. The van der Waals surface area contributed by atoms with E-state index in [-0.39, 0.29) is 12.5 Å². The highest BCUT2D eigenvalue weighted by molar-refractivity contribution is 5.46. The summed E-state index contributed by atoms with van der Waals surface area (Å²) >= 11 is 0. The highest BCUT2D eigenvalue weighted by Gasteiger charge is 2.40. The van der Waals surface area contributed by atoms with E-state index in [0.717, 1.165) is 0 Å². The first-order chi connectivity index (χ1) is 9.86. The largest absolute Gasteiger partial charge is 0.396 e. The third-order valence-corrected chi connectivity index (χ3v) is 4.39. The molecule has 2 aromatic rings. The highest BCUT2D eigenvalue weighted by Crippen LogP contribution is 2.49. The SMILES string of the molecule is COCC1C(CO)c2ccccc2C1c1ccccc1. The molecule has 3 rings (SSSR count). The Morgan fingerprint density at radius 2 is 1.60 bits per heavy atom. The lowest BCUT2D eigenvalue weighted by Crippen LogP contribution is -2.21. The number of aliphatic hydroxyl groups is 1. The third-order valence-electron chi connectivity index (χ3n) is 4.39. The molecule has 0 amide bonds. The zero-order valence-electron chi connectivity index (χ0n) is 11.7. The van der Waals surface area contributed by atoms with Crippen LogP contribution in [0.3, 0.4) is 0 Å². The lowest BCUT2D eigenvalue weighted by molar-refractivity contribution is 0.117. The van der Waals surface area contributed by atoms with Gasteiger partial charge in [0.15, 0.2) is 0 Å². The van der Waals surface area contributed by atoms with Gasteiger partial charge in [-0.3, -0.25) is 0 Å². The molecular formula is C18H20O2. The molecule has 0 aliphatic heterocycles. The van der Waals surface area contributed by atoms with E-state index in [4.69, 9.17) is 4.74 Å². The van der Waals surface area contributed by atoms with Gasteiger partial charge in [-0.05, 0) is 16.7 Å². The van der Waals surface area contributed by atoms with E-state index in [1.807, 2.05) is 6.07 Å². The molecule has 0 radical (unpaired) electrons. The Kier molecular flexibility index (Phi) is 3.86. The van der Waals surface area contributed by atoms with Gasteiger partial charge in [-0.2, -0.15) is 0 Å². The van der Waals surface area contributed by atoms with Gasteiger partial charge in [0.1, 0.15) is 0 Å². The number of rotatable bonds is 4. The molecule has 3 unspecified atom stereocenters. The molecule has 0 fully saturated rings. The van der Waals surface area contributed by atoms with Gasteiger partial charge in [0.05, 0.1) is 13.2 Å². The minimum absolute atomic E-state index is 0.163. The van der Waals surface area contributed by atoms with E-state index in [1.165, 1.54) is 16.7 Å². The van der Waals surface area contributed by atoms with Gasteiger partial charge in [0, 0.05) is 24.9 Å². The van der Waals surface area contributed by atoms with Gasteiger partial charge in [-0.15, -0.1) is 0 Å². The van der Waals surface area contributed by atoms with Gasteiger partial charge in [-0.25, -0.2) is 0 Å². The highest BCUT2D eigenvalue weighted by atomic mass is 16.5. The van der Waals surface area contributed by atoms with E-state index in [2.05, 4.69) is 48.5 Å². The van der Waals surface area contributed by atoms with E-state index in [1.54, 1.807) is 7.11 Å². The van der Waals surface area contributed by atoms with Gasteiger partial charge >= 0.3 is 0 Å². The van der Waals surface area contributed by atoms with E-state index in [9.17, 15) is 5.11 Å². The molecule has 0 bridgehead atoms. The van der Waals surface area contributed by atoms with Gasteiger partial charge in [0.25, 0.3) is 0 Å². The molecule has 2 aromatic carbocycles. The molecule has 1 N–H and O–H groups in total. The monoisotopic (exact) mass is 268 g/mol. The topological polar surface area (TPSA) is 29.5 Å². The Labute approximate surface area is 120 Å². The number of aliphatic hydroxyl groups excluding tert-OH is 1. The van der Waals surface area contributed by atoms with Crippen molar-refractivity contribution in [3.05, 3.63) is 71.3 Å². The molecule has 20 heavy (non-hydrogen) atoms. The molecule has 104 valence electrons. The first-order valence-corrected chi connectivity index (χ1v) is 7.10. The molecule has 1 aliphatic carbocycles. The van der Waals surface area contributed by atoms with Crippen molar-refractivity contribution in [1.82, 2.24) is 0 Å². The fourth-order valence-electron chi connectivity index (χ4n) is 3.55. The summed E-state index contributed by atoms with van der Waals surface area (Å²) in [7, 11) is 1.74. The quantitative estimate of drug-likeness (QED) is 0.923. The van der Waals surface area contributed by atoms with Gasteiger partial charge < -0.3 is 9.84 Å². The summed E-state index contributed by atoms with van der Waals surface area (Å²) in [5, 5.41) is 9.82. The van der Waals surface area contributed by atoms with Crippen LogP contribution in [0, 0.1) is 5.92 Å². The van der Waals surface area contributed by atoms with Crippen LogP contribution in [0.25, 0.3) is 0 Å². The average Bonchev–Trinajstić information content (AvgIpc) is 2.82. The summed E-state index contributed by atoms with van der Waals surface area (Å²) in [4.78, 5) is 0. The minimum atomic E-state index is 0.163. The molecule has 0 saturated carbocycles. The summed E-state index contributed by atoms with van der Waals surface area (Å²) < 4.78 is 5.43. The van der Waals surface area contributed by atoms with Gasteiger partial charge in [0.2, 0.25) is 0 Å². The maximum Gasteiger partial charge on any atom is 0.0506 e. The van der Waals surface area contributed by atoms with Crippen LogP contribution in [-0.4, -0.2) is 25.4 Å². The standard InChI is InChI=1S/C18H20O2/c1-20-12-17-16(11-19)14-9-5-6-10-15(14)18(17)13-7-3-2-4-8-13/h2-10,16-19H,11-12H2,1H3.